The smallest absolute Gasteiger partial charge is 0.325 e. The van der Waals surface area contributed by atoms with Gasteiger partial charge in [-0.25, -0.2) is 4.79 Å². The molecule has 2 aliphatic heterocycles. The second-order valence-electron chi connectivity index (χ2n) is 8.69. The van der Waals surface area contributed by atoms with Crippen LogP contribution in [-0.2, 0) is 22.4 Å². The number of benzene rings is 1. The molecule has 2 aliphatic rings. The Bertz CT molecular complexity index is 1170. The van der Waals surface area contributed by atoms with E-state index in [9.17, 15) is 14.4 Å². The minimum absolute atomic E-state index is 0.169. The van der Waals surface area contributed by atoms with Gasteiger partial charge in [-0.3, -0.25) is 14.5 Å². The topological polar surface area (TPSA) is 69.7 Å². The van der Waals surface area contributed by atoms with Gasteiger partial charge in [0, 0.05) is 16.3 Å². The van der Waals surface area contributed by atoms with Gasteiger partial charge in [0.1, 0.15) is 12.1 Å². The molecule has 0 spiro atoms. The van der Waals surface area contributed by atoms with Crippen LogP contribution >= 0.6 is 22.7 Å². The van der Waals surface area contributed by atoms with Crippen molar-refractivity contribution in [3.8, 4) is 0 Å². The summed E-state index contributed by atoms with van der Waals surface area (Å²) < 4.78 is 0. The monoisotopic (exact) mass is 479 g/mol. The quantitative estimate of drug-likeness (QED) is 0.538. The van der Waals surface area contributed by atoms with Gasteiger partial charge < -0.3 is 10.2 Å². The number of nitrogens with one attached hydrogen (secondary N) is 1. The van der Waals surface area contributed by atoms with Gasteiger partial charge in [-0.15, -0.1) is 22.7 Å². The van der Waals surface area contributed by atoms with Crippen molar-refractivity contribution in [1.29, 1.82) is 0 Å². The van der Waals surface area contributed by atoms with Crippen LogP contribution in [0.25, 0.3) is 0 Å². The van der Waals surface area contributed by atoms with E-state index in [4.69, 9.17) is 0 Å². The fraction of sp³-hybridized carbons (Fsp3) is 0.320. The standard InChI is InChI=1S/C25H25N3O3S2/c1-25(12-9-17-6-3-2-4-7-17)23(30)28(24(31)26-25)16-21(29)27-13-10-19-18(11-15-33-19)22(27)20-8-5-14-32-20/h2-8,11,14-15,22H,9-10,12-13,16H2,1H3,(H,26,31)/t22-,25-/m1/s1. The summed E-state index contributed by atoms with van der Waals surface area (Å²) in [7, 11) is 0. The number of imide groups is 1. The molecule has 3 aromatic rings. The molecule has 0 bridgehead atoms. The zero-order valence-corrected chi connectivity index (χ0v) is 20.0. The van der Waals surface area contributed by atoms with E-state index < -0.39 is 11.6 Å². The predicted octanol–water partition coefficient (Wildman–Crippen LogP) is 4.23. The van der Waals surface area contributed by atoms with Crippen molar-refractivity contribution in [2.24, 2.45) is 0 Å². The molecule has 8 heteroatoms. The Labute approximate surface area is 200 Å². The van der Waals surface area contributed by atoms with E-state index in [0.29, 0.717) is 19.4 Å². The Balaban J connectivity index is 1.32. The van der Waals surface area contributed by atoms with Gasteiger partial charge in [0.25, 0.3) is 5.91 Å². The molecular formula is C25H25N3O3S2. The lowest BCUT2D eigenvalue weighted by Crippen LogP contribution is -2.48. The minimum atomic E-state index is -1.01. The molecule has 4 heterocycles. The zero-order valence-electron chi connectivity index (χ0n) is 18.3. The third kappa shape index (κ3) is 4.09. The van der Waals surface area contributed by atoms with Crippen LogP contribution in [0, 0.1) is 0 Å². The SMILES string of the molecule is C[C@]1(CCc2ccccc2)NC(=O)N(CC(=O)N2CCc3sccc3[C@@H]2c2cccs2)C1=O. The number of nitrogens with zero attached hydrogens (tertiary/aromatic N) is 2. The molecule has 0 aliphatic carbocycles. The molecule has 4 amide bonds. The summed E-state index contributed by atoms with van der Waals surface area (Å²) >= 11 is 3.33. The van der Waals surface area contributed by atoms with E-state index in [-0.39, 0.29) is 24.4 Å². The first-order valence-corrected chi connectivity index (χ1v) is 12.8. The highest BCUT2D eigenvalue weighted by Gasteiger charge is 2.48. The van der Waals surface area contributed by atoms with Gasteiger partial charge in [0.2, 0.25) is 5.91 Å². The van der Waals surface area contributed by atoms with Crippen molar-refractivity contribution in [3.05, 3.63) is 80.2 Å². The van der Waals surface area contributed by atoms with E-state index >= 15 is 0 Å². The Morgan fingerprint density at radius 3 is 2.67 bits per heavy atom. The molecule has 1 N–H and O–H groups in total. The number of amides is 4. The molecule has 0 saturated carbocycles. The third-order valence-corrected chi connectivity index (χ3v) is 8.42. The molecule has 33 heavy (non-hydrogen) atoms. The fourth-order valence-corrected chi connectivity index (χ4v) is 6.42. The van der Waals surface area contributed by atoms with Gasteiger partial charge in [0.05, 0.1) is 6.04 Å². The van der Waals surface area contributed by atoms with Crippen LogP contribution in [0.1, 0.15) is 40.3 Å². The normalized spacial score (nSPS) is 22.4. The number of fused-ring (bicyclic) bond motifs is 1. The highest BCUT2D eigenvalue weighted by molar-refractivity contribution is 7.10. The van der Waals surface area contributed by atoms with E-state index in [1.807, 2.05) is 52.7 Å². The molecular weight excluding hydrogens is 454 g/mol. The summed E-state index contributed by atoms with van der Waals surface area (Å²) in [6.45, 7) is 2.07. The number of aryl methyl sites for hydroxylation is 1. The van der Waals surface area contributed by atoms with Crippen LogP contribution in [0.4, 0.5) is 4.79 Å². The molecule has 5 rings (SSSR count). The fourth-order valence-electron chi connectivity index (χ4n) is 4.66. The minimum Gasteiger partial charge on any atom is -0.329 e. The average Bonchev–Trinajstić information content (AvgIpc) is 3.56. The summed E-state index contributed by atoms with van der Waals surface area (Å²) in [5, 5.41) is 6.90. The van der Waals surface area contributed by atoms with Crippen LogP contribution in [0.3, 0.4) is 0 Å². The maximum Gasteiger partial charge on any atom is 0.325 e. The van der Waals surface area contributed by atoms with Crippen LogP contribution in [-0.4, -0.2) is 46.3 Å². The molecule has 2 aromatic heterocycles. The first-order chi connectivity index (χ1) is 16.0. The molecule has 1 aromatic carbocycles. The van der Waals surface area contributed by atoms with Crippen molar-refractivity contribution in [1.82, 2.24) is 15.1 Å². The average molecular weight is 480 g/mol. The summed E-state index contributed by atoms with van der Waals surface area (Å²) in [6, 6.07) is 15.3. The maximum absolute atomic E-state index is 13.4. The second kappa shape index (κ2) is 8.76. The highest BCUT2D eigenvalue weighted by Crippen LogP contribution is 2.39. The molecule has 0 radical (unpaired) electrons. The van der Waals surface area contributed by atoms with Gasteiger partial charge in [0.15, 0.2) is 0 Å². The van der Waals surface area contributed by atoms with E-state index in [1.54, 1.807) is 29.6 Å². The number of hydrogen-bond acceptors (Lipinski definition) is 5. The Morgan fingerprint density at radius 2 is 1.91 bits per heavy atom. The van der Waals surface area contributed by atoms with Gasteiger partial charge >= 0.3 is 6.03 Å². The number of thiophene rings is 2. The molecule has 1 saturated heterocycles. The summed E-state index contributed by atoms with van der Waals surface area (Å²) in [5.74, 6) is -0.543. The van der Waals surface area contributed by atoms with E-state index in [1.165, 1.54) is 4.88 Å². The largest absolute Gasteiger partial charge is 0.329 e. The Morgan fingerprint density at radius 1 is 1.09 bits per heavy atom. The van der Waals surface area contributed by atoms with Gasteiger partial charge in [-0.2, -0.15) is 0 Å². The van der Waals surface area contributed by atoms with Crippen molar-refractivity contribution in [2.45, 2.75) is 37.8 Å². The number of carbonyl (C=O) groups excluding carboxylic acids is 3. The lowest BCUT2D eigenvalue weighted by molar-refractivity contribution is -0.140. The van der Waals surface area contributed by atoms with E-state index in [0.717, 1.165) is 27.3 Å². The number of hydrogen-bond donors (Lipinski definition) is 1. The van der Waals surface area contributed by atoms with Crippen LogP contribution in [0.5, 0.6) is 0 Å². The number of urea groups is 1. The zero-order chi connectivity index (χ0) is 23.0. The lowest BCUT2D eigenvalue weighted by Gasteiger charge is -2.36. The molecule has 2 atom stereocenters. The first kappa shape index (κ1) is 21.9. The Hall–Kier alpha value is -2.97. The van der Waals surface area contributed by atoms with E-state index in [2.05, 4.69) is 16.8 Å². The predicted molar refractivity (Wildman–Crippen MR) is 129 cm³/mol. The van der Waals surface area contributed by atoms with Gasteiger partial charge in [-0.1, -0.05) is 36.4 Å². The van der Waals surface area contributed by atoms with Crippen molar-refractivity contribution >= 4 is 40.5 Å². The van der Waals surface area contributed by atoms with Crippen molar-refractivity contribution in [2.75, 3.05) is 13.1 Å². The van der Waals surface area contributed by atoms with Crippen LogP contribution in [0.2, 0.25) is 0 Å². The lowest BCUT2D eigenvalue weighted by atomic mass is 9.93. The second-order valence-corrected chi connectivity index (χ2v) is 10.7. The number of carbonyl (C=O) groups is 3. The molecule has 0 unspecified atom stereocenters. The maximum atomic E-state index is 13.4. The van der Waals surface area contributed by atoms with Crippen LogP contribution < -0.4 is 5.32 Å². The van der Waals surface area contributed by atoms with Gasteiger partial charge in [-0.05, 0) is 60.2 Å². The van der Waals surface area contributed by atoms with Crippen LogP contribution in [0.15, 0.2) is 59.3 Å². The summed E-state index contributed by atoms with van der Waals surface area (Å²) in [6.07, 6.45) is 1.93. The van der Waals surface area contributed by atoms with Crippen molar-refractivity contribution < 1.29 is 14.4 Å². The van der Waals surface area contributed by atoms with Crippen molar-refractivity contribution in [3.63, 3.8) is 0 Å². The number of rotatable bonds is 6. The summed E-state index contributed by atoms with van der Waals surface area (Å²) in [5.41, 5.74) is 1.24. The summed E-state index contributed by atoms with van der Waals surface area (Å²) in [4.78, 5) is 44.7. The first-order valence-electron chi connectivity index (χ1n) is 11.0. The third-order valence-electron chi connectivity index (χ3n) is 6.49. The highest BCUT2D eigenvalue weighted by atomic mass is 32.1. The molecule has 170 valence electrons. The Kier molecular flexibility index (Phi) is 5.80. The molecule has 1 fully saturated rings. The molecule has 6 nitrogen and oxygen atoms in total.